The number of rotatable bonds is 5. The summed E-state index contributed by atoms with van der Waals surface area (Å²) < 4.78 is 10.9. The standard InChI is InChI=1S/C21H20N6O2/c1-28-15-7-5-14(6-8-15)11-27-12-18-17(23-13-24-18)10-19(27)21-25-20(26-29-21)16-4-2-3-9-22-16/h2-9,13,19H,10-12H2,1H3,(H,23,24)/t19-/m0/s1. The predicted molar refractivity (Wildman–Crippen MR) is 105 cm³/mol. The highest BCUT2D eigenvalue weighted by Crippen LogP contribution is 2.33. The van der Waals surface area contributed by atoms with Crippen LogP contribution in [0.2, 0.25) is 0 Å². The fraction of sp³-hybridized carbons (Fsp3) is 0.238. The van der Waals surface area contributed by atoms with Crippen LogP contribution in [0, 0.1) is 0 Å². The van der Waals surface area contributed by atoms with Gasteiger partial charge in [-0.15, -0.1) is 0 Å². The lowest BCUT2D eigenvalue weighted by Crippen LogP contribution is -2.34. The maximum Gasteiger partial charge on any atom is 0.244 e. The lowest BCUT2D eigenvalue weighted by atomic mass is 10.0. The zero-order chi connectivity index (χ0) is 19.6. The van der Waals surface area contributed by atoms with Crippen molar-refractivity contribution in [3.8, 4) is 17.3 Å². The minimum Gasteiger partial charge on any atom is -0.497 e. The molecule has 1 aliphatic rings. The minimum atomic E-state index is -0.0575. The van der Waals surface area contributed by atoms with Gasteiger partial charge in [0, 0.05) is 25.7 Å². The van der Waals surface area contributed by atoms with Crippen molar-refractivity contribution in [3.63, 3.8) is 0 Å². The van der Waals surface area contributed by atoms with Crippen molar-refractivity contribution in [3.05, 3.63) is 77.8 Å². The Morgan fingerprint density at radius 2 is 2.07 bits per heavy atom. The molecule has 146 valence electrons. The Bertz CT molecular complexity index is 1090. The van der Waals surface area contributed by atoms with Crippen molar-refractivity contribution in [2.24, 2.45) is 0 Å². The van der Waals surface area contributed by atoms with E-state index < -0.39 is 0 Å². The molecule has 1 aromatic carbocycles. The van der Waals surface area contributed by atoms with E-state index in [2.05, 4.69) is 42.1 Å². The van der Waals surface area contributed by atoms with Gasteiger partial charge in [-0.05, 0) is 29.8 Å². The van der Waals surface area contributed by atoms with E-state index in [4.69, 9.17) is 9.26 Å². The Hall–Kier alpha value is -3.52. The molecule has 4 aromatic rings. The third-order valence-corrected chi connectivity index (χ3v) is 5.16. The smallest absolute Gasteiger partial charge is 0.244 e. The van der Waals surface area contributed by atoms with Gasteiger partial charge in [0.2, 0.25) is 11.7 Å². The highest BCUT2D eigenvalue weighted by Gasteiger charge is 2.33. The molecule has 8 nitrogen and oxygen atoms in total. The van der Waals surface area contributed by atoms with Crippen LogP contribution in [0.25, 0.3) is 11.5 Å². The molecule has 1 aliphatic heterocycles. The van der Waals surface area contributed by atoms with Crippen molar-refractivity contribution >= 4 is 0 Å². The quantitative estimate of drug-likeness (QED) is 0.561. The molecule has 0 aliphatic carbocycles. The van der Waals surface area contributed by atoms with Crippen molar-refractivity contribution in [1.82, 2.24) is 30.0 Å². The molecule has 0 bridgehead atoms. The number of ether oxygens (including phenoxy) is 1. The lowest BCUT2D eigenvalue weighted by molar-refractivity contribution is 0.128. The zero-order valence-corrected chi connectivity index (χ0v) is 15.9. The van der Waals surface area contributed by atoms with Crippen LogP contribution in [0.1, 0.15) is 28.9 Å². The first kappa shape index (κ1) is 17.6. The Balaban J connectivity index is 1.44. The first-order valence-electron chi connectivity index (χ1n) is 9.43. The molecule has 0 saturated carbocycles. The zero-order valence-electron chi connectivity index (χ0n) is 15.9. The lowest BCUT2D eigenvalue weighted by Gasteiger charge is -2.32. The number of aromatic nitrogens is 5. The number of methoxy groups -OCH3 is 1. The maximum atomic E-state index is 5.65. The van der Waals surface area contributed by atoms with Crippen molar-refractivity contribution in [2.45, 2.75) is 25.6 Å². The van der Waals surface area contributed by atoms with Gasteiger partial charge in [0.05, 0.1) is 30.9 Å². The van der Waals surface area contributed by atoms with Crippen LogP contribution in [-0.2, 0) is 19.5 Å². The first-order valence-corrected chi connectivity index (χ1v) is 9.43. The van der Waals surface area contributed by atoms with E-state index in [1.54, 1.807) is 19.6 Å². The predicted octanol–water partition coefficient (Wildman–Crippen LogP) is 3.16. The van der Waals surface area contributed by atoms with E-state index in [9.17, 15) is 0 Å². The normalized spacial score (nSPS) is 16.5. The van der Waals surface area contributed by atoms with Gasteiger partial charge in [-0.2, -0.15) is 4.98 Å². The van der Waals surface area contributed by atoms with Crippen LogP contribution in [0.3, 0.4) is 0 Å². The van der Waals surface area contributed by atoms with Crippen LogP contribution in [0.4, 0.5) is 0 Å². The van der Waals surface area contributed by atoms with E-state index in [0.717, 1.165) is 30.2 Å². The molecule has 4 heterocycles. The molecule has 29 heavy (non-hydrogen) atoms. The van der Waals surface area contributed by atoms with E-state index >= 15 is 0 Å². The number of pyridine rings is 1. The van der Waals surface area contributed by atoms with Gasteiger partial charge in [0.1, 0.15) is 11.4 Å². The van der Waals surface area contributed by atoms with Gasteiger partial charge in [-0.1, -0.05) is 23.4 Å². The largest absolute Gasteiger partial charge is 0.497 e. The average molecular weight is 388 g/mol. The Morgan fingerprint density at radius 3 is 2.86 bits per heavy atom. The number of H-pyrrole nitrogens is 1. The second-order valence-corrected chi connectivity index (χ2v) is 6.97. The Labute approximate surface area is 167 Å². The summed E-state index contributed by atoms with van der Waals surface area (Å²) in [7, 11) is 1.67. The highest BCUT2D eigenvalue weighted by atomic mass is 16.5. The molecule has 3 aromatic heterocycles. The van der Waals surface area contributed by atoms with Crippen molar-refractivity contribution < 1.29 is 9.26 Å². The van der Waals surface area contributed by atoms with E-state index in [1.165, 1.54) is 5.56 Å². The molecule has 0 fully saturated rings. The number of imidazole rings is 1. The summed E-state index contributed by atoms with van der Waals surface area (Å²) in [6.07, 6.45) is 4.17. The number of nitrogens with one attached hydrogen (secondary N) is 1. The summed E-state index contributed by atoms with van der Waals surface area (Å²) in [6, 6.07) is 13.7. The molecule has 8 heteroatoms. The van der Waals surface area contributed by atoms with Crippen LogP contribution >= 0.6 is 0 Å². The number of aromatic amines is 1. The minimum absolute atomic E-state index is 0.0575. The van der Waals surface area contributed by atoms with Gasteiger partial charge in [-0.3, -0.25) is 9.88 Å². The molecular weight excluding hydrogens is 368 g/mol. The van der Waals surface area contributed by atoms with Gasteiger partial charge < -0.3 is 14.2 Å². The molecule has 1 N–H and O–H groups in total. The van der Waals surface area contributed by atoms with Crippen LogP contribution < -0.4 is 4.74 Å². The summed E-state index contributed by atoms with van der Waals surface area (Å²) in [5, 5.41) is 4.15. The molecule has 0 saturated heterocycles. The topological polar surface area (TPSA) is 93.0 Å². The van der Waals surface area contributed by atoms with Crippen molar-refractivity contribution in [1.29, 1.82) is 0 Å². The fourth-order valence-corrected chi connectivity index (χ4v) is 3.63. The SMILES string of the molecule is COc1ccc(CN2Cc3[nH]cnc3C[C@H]2c2nc(-c3ccccn3)no2)cc1. The van der Waals surface area contributed by atoms with Gasteiger partial charge in [-0.25, -0.2) is 4.98 Å². The summed E-state index contributed by atoms with van der Waals surface area (Å²) in [4.78, 5) is 19.0. The van der Waals surface area contributed by atoms with E-state index in [0.29, 0.717) is 23.8 Å². The molecule has 0 spiro atoms. The van der Waals surface area contributed by atoms with Crippen molar-refractivity contribution in [2.75, 3.05) is 7.11 Å². The summed E-state index contributed by atoms with van der Waals surface area (Å²) >= 11 is 0. The third-order valence-electron chi connectivity index (χ3n) is 5.16. The molecule has 0 radical (unpaired) electrons. The number of hydrogen-bond acceptors (Lipinski definition) is 7. The molecule has 0 amide bonds. The number of fused-ring (bicyclic) bond motifs is 1. The summed E-state index contributed by atoms with van der Waals surface area (Å²) in [5.41, 5.74) is 4.04. The molecule has 5 rings (SSSR count). The highest BCUT2D eigenvalue weighted by molar-refractivity contribution is 5.47. The molecule has 1 atom stereocenters. The second-order valence-electron chi connectivity index (χ2n) is 6.97. The second kappa shape index (κ2) is 7.48. The van der Waals surface area contributed by atoms with E-state index in [1.807, 2.05) is 30.3 Å². The number of benzene rings is 1. The Kier molecular flexibility index (Phi) is 4.53. The molecular formula is C21H20N6O2. The summed E-state index contributed by atoms with van der Waals surface area (Å²) in [5.74, 6) is 1.92. The van der Waals surface area contributed by atoms with E-state index in [-0.39, 0.29) is 6.04 Å². The first-order chi connectivity index (χ1) is 14.3. The third kappa shape index (κ3) is 3.50. The van der Waals surface area contributed by atoms with Gasteiger partial charge in [0.15, 0.2) is 0 Å². The average Bonchev–Trinajstić information content (AvgIpc) is 3.44. The van der Waals surface area contributed by atoms with Gasteiger partial charge >= 0.3 is 0 Å². The van der Waals surface area contributed by atoms with Crippen LogP contribution in [0.5, 0.6) is 5.75 Å². The summed E-state index contributed by atoms with van der Waals surface area (Å²) in [6.45, 7) is 1.47. The van der Waals surface area contributed by atoms with Gasteiger partial charge in [0.25, 0.3) is 0 Å². The molecule has 0 unspecified atom stereocenters. The maximum absolute atomic E-state index is 5.65. The number of nitrogens with zero attached hydrogens (tertiary/aromatic N) is 5. The fourth-order valence-electron chi connectivity index (χ4n) is 3.63. The van der Waals surface area contributed by atoms with Crippen LogP contribution in [-0.4, -0.2) is 37.1 Å². The number of hydrogen-bond donors (Lipinski definition) is 1. The van der Waals surface area contributed by atoms with Crippen LogP contribution in [0.15, 0.2) is 59.5 Å². The Morgan fingerprint density at radius 1 is 1.17 bits per heavy atom. The monoisotopic (exact) mass is 388 g/mol.